The molecule has 0 aromatic heterocycles. The Morgan fingerprint density at radius 3 is 1.23 bits per heavy atom. The summed E-state index contributed by atoms with van der Waals surface area (Å²) in [5.41, 5.74) is 0. The fourth-order valence-electron chi connectivity index (χ4n) is 8.41. The van der Waals surface area contributed by atoms with Crippen molar-refractivity contribution in [1.82, 2.24) is 0 Å². The summed E-state index contributed by atoms with van der Waals surface area (Å²) in [5, 5.41) is 50.3. The van der Waals surface area contributed by atoms with Gasteiger partial charge in [-0.1, -0.05) is 212 Å². The van der Waals surface area contributed by atoms with Gasteiger partial charge >= 0.3 is 13.8 Å². The number of ether oxygens (including phenoxy) is 2. The maximum absolute atomic E-state index is 12.9. The zero-order chi connectivity index (χ0) is 46.9. The smallest absolute Gasteiger partial charge is 0.457 e. The lowest BCUT2D eigenvalue weighted by atomic mass is 9.85. The van der Waals surface area contributed by atoms with E-state index in [9.17, 15) is 39.8 Å². The maximum atomic E-state index is 12.9. The normalized spacial score (nSPS) is 21.7. The summed E-state index contributed by atoms with van der Waals surface area (Å²) in [7, 11) is -5.02. The van der Waals surface area contributed by atoms with Crippen LogP contribution in [0.25, 0.3) is 0 Å². The van der Waals surface area contributed by atoms with E-state index >= 15 is 0 Å². The van der Waals surface area contributed by atoms with Gasteiger partial charge < -0.3 is 39.9 Å². The summed E-state index contributed by atoms with van der Waals surface area (Å²) in [6.07, 6.45) is 35.6. The van der Waals surface area contributed by atoms with E-state index in [1.165, 1.54) is 180 Å². The van der Waals surface area contributed by atoms with Crippen LogP contribution in [0.4, 0.5) is 0 Å². The third-order valence-corrected chi connectivity index (χ3v) is 13.6. The third kappa shape index (κ3) is 33.5. The highest BCUT2D eigenvalue weighted by Gasteiger charge is 2.51. The molecule has 0 amide bonds. The van der Waals surface area contributed by atoms with Gasteiger partial charge in [0.1, 0.15) is 42.7 Å². The number of aliphatic hydroxyl groups excluding tert-OH is 5. The Kier molecular flexibility index (Phi) is 40.3. The predicted octanol–water partition coefficient (Wildman–Crippen LogP) is 11.9. The second kappa shape index (κ2) is 42.2. The topological polar surface area (TPSA) is 192 Å². The molecule has 0 aliphatic heterocycles. The summed E-state index contributed by atoms with van der Waals surface area (Å²) < 4.78 is 34.3. The molecule has 6 N–H and O–H groups in total. The minimum Gasteiger partial charge on any atom is -0.457 e. The standard InChI is InChI=1S/C51H99O12P/c1-3-5-7-9-11-13-15-17-19-21-22-23-24-25-26-28-30-32-34-36-38-40-45(52)62-44(43-61-64(58,59)63-51-49(56)47(54)46(53)48(55)50(51)57)42-60-41-39-37-35-33-31-29-27-20-18-16-14-12-10-8-6-4-2/h21-22,44,46-51,53-57H,3-20,23-43H2,1-2H3,(H,58,59)/b22-21-. The SMILES string of the molecule is CCCCCCCCCC/C=C\CCCCCCCCCCCC(=O)OC(COCCCCCCCCCCCCCCCCCC)COP(=O)(O)OC1C(O)C(O)C(O)C(O)C1O. The van der Waals surface area contributed by atoms with Crippen LogP contribution in [0.5, 0.6) is 0 Å². The van der Waals surface area contributed by atoms with E-state index in [-0.39, 0.29) is 13.0 Å². The Balaban J connectivity index is 2.31. The van der Waals surface area contributed by atoms with Crippen molar-refractivity contribution in [2.75, 3.05) is 19.8 Å². The van der Waals surface area contributed by atoms with Crippen LogP contribution in [0.3, 0.4) is 0 Å². The van der Waals surface area contributed by atoms with Gasteiger partial charge in [0.15, 0.2) is 0 Å². The summed E-state index contributed by atoms with van der Waals surface area (Å²) in [5.74, 6) is -0.474. The molecule has 0 spiro atoms. The summed E-state index contributed by atoms with van der Waals surface area (Å²) >= 11 is 0. The average Bonchev–Trinajstić information content (AvgIpc) is 3.28. The molecule has 1 saturated carbocycles. The minimum atomic E-state index is -5.02. The number of hydrogen-bond donors (Lipinski definition) is 6. The predicted molar refractivity (Wildman–Crippen MR) is 258 cm³/mol. The number of esters is 1. The molecule has 0 aromatic rings. The van der Waals surface area contributed by atoms with Gasteiger partial charge in [-0.25, -0.2) is 4.57 Å². The number of phosphoric acid groups is 1. The molecule has 64 heavy (non-hydrogen) atoms. The molecular weight excluding hydrogens is 836 g/mol. The van der Waals surface area contributed by atoms with E-state index in [2.05, 4.69) is 26.0 Å². The highest BCUT2D eigenvalue weighted by molar-refractivity contribution is 7.47. The molecule has 1 aliphatic rings. The van der Waals surface area contributed by atoms with Crippen molar-refractivity contribution in [1.29, 1.82) is 0 Å². The van der Waals surface area contributed by atoms with Gasteiger partial charge in [-0.15, -0.1) is 0 Å². The van der Waals surface area contributed by atoms with Gasteiger partial charge in [0, 0.05) is 13.0 Å². The Bertz CT molecular complexity index is 1110. The molecular formula is C51H99O12P. The Labute approximate surface area is 390 Å². The average molecular weight is 935 g/mol. The molecule has 6 unspecified atom stereocenters. The summed E-state index contributed by atoms with van der Waals surface area (Å²) in [6, 6.07) is 0. The number of allylic oxidation sites excluding steroid dienone is 2. The second-order valence-electron chi connectivity index (χ2n) is 18.7. The van der Waals surface area contributed by atoms with Crippen LogP contribution in [0.15, 0.2) is 12.2 Å². The van der Waals surface area contributed by atoms with Gasteiger partial charge in [-0.2, -0.15) is 0 Å². The second-order valence-corrected chi connectivity index (χ2v) is 20.1. The number of carbonyl (C=O) groups excluding carboxylic acids is 1. The van der Waals surface area contributed by atoms with E-state index in [0.717, 1.165) is 38.5 Å². The zero-order valence-corrected chi connectivity index (χ0v) is 41.7. The third-order valence-electron chi connectivity index (χ3n) is 12.6. The number of carbonyl (C=O) groups is 1. The van der Waals surface area contributed by atoms with Crippen molar-refractivity contribution >= 4 is 13.8 Å². The van der Waals surface area contributed by atoms with E-state index in [1.54, 1.807) is 0 Å². The first kappa shape index (κ1) is 61.1. The molecule has 13 heteroatoms. The largest absolute Gasteiger partial charge is 0.472 e. The summed E-state index contributed by atoms with van der Waals surface area (Å²) in [6.45, 7) is 4.31. The van der Waals surface area contributed by atoms with Crippen molar-refractivity contribution in [3.63, 3.8) is 0 Å². The van der Waals surface area contributed by atoms with Gasteiger partial charge in [0.2, 0.25) is 0 Å². The Morgan fingerprint density at radius 2 is 0.828 bits per heavy atom. The van der Waals surface area contributed by atoms with Crippen molar-refractivity contribution in [3.8, 4) is 0 Å². The molecule has 0 bridgehead atoms. The van der Waals surface area contributed by atoms with Crippen LogP contribution in [0.2, 0.25) is 0 Å². The highest BCUT2D eigenvalue weighted by Crippen LogP contribution is 2.47. The molecule has 0 radical (unpaired) electrons. The van der Waals surface area contributed by atoms with Gasteiger partial charge in [-0.05, 0) is 38.5 Å². The zero-order valence-electron chi connectivity index (χ0n) is 40.9. The van der Waals surface area contributed by atoms with Crippen LogP contribution in [0.1, 0.15) is 245 Å². The fourth-order valence-corrected chi connectivity index (χ4v) is 9.38. The van der Waals surface area contributed by atoms with Crippen LogP contribution < -0.4 is 0 Å². The lowest BCUT2D eigenvalue weighted by molar-refractivity contribution is -0.220. The molecule has 6 atom stereocenters. The van der Waals surface area contributed by atoms with Crippen LogP contribution >= 0.6 is 7.82 Å². The van der Waals surface area contributed by atoms with Crippen molar-refractivity contribution in [2.45, 2.75) is 288 Å². The van der Waals surface area contributed by atoms with Gasteiger partial charge in [0.25, 0.3) is 0 Å². The fraction of sp³-hybridized carbons (Fsp3) is 0.941. The van der Waals surface area contributed by atoms with E-state index in [0.29, 0.717) is 13.0 Å². The van der Waals surface area contributed by atoms with E-state index < -0.39 is 63.1 Å². The van der Waals surface area contributed by atoms with Crippen molar-refractivity contribution < 1.29 is 58.3 Å². The quantitative estimate of drug-likeness (QED) is 0.0147. The van der Waals surface area contributed by atoms with Crippen LogP contribution in [-0.2, 0) is 27.9 Å². The molecule has 0 saturated heterocycles. The molecule has 0 aromatic carbocycles. The number of hydrogen-bond acceptors (Lipinski definition) is 11. The van der Waals surface area contributed by atoms with Gasteiger partial charge in [0.05, 0.1) is 13.2 Å². The van der Waals surface area contributed by atoms with Crippen LogP contribution in [0, 0.1) is 0 Å². The first-order valence-electron chi connectivity index (χ1n) is 26.5. The highest BCUT2D eigenvalue weighted by atomic mass is 31.2. The number of unbranched alkanes of at least 4 members (excludes halogenated alkanes) is 32. The Morgan fingerprint density at radius 1 is 0.484 bits per heavy atom. The molecule has 0 heterocycles. The molecule has 12 nitrogen and oxygen atoms in total. The lowest BCUT2D eigenvalue weighted by Gasteiger charge is -2.41. The number of aliphatic hydroxyl groups is 5. The first-order chi connectivity index (χ1) is 31.0. The Hall–Kier alpha value is -0.920. The maximum Gasteiger partial charge on any atom is 0.472 e. The van der Waals surface area contributed by atoms with Crippen LogP contribution in [-0.4, -0.2) is 98.9 Å². The number of phosphoric ester groups is 1. The lowest BCUT2D eigenvalue weighted by Crippen LogP contribution is -2.64. The first-order valence-corrected chi connectivity index (χ1v) is 28.0. The number of rotatable bonds is 46. The summed E-state index contributed by atoms with van der Waals surface area (Å²) in [4.78, 5) is 23.2. The molecule has 1 aliphatic carbocycles. The molecule has 380 valence electrons. The van der Waals surface area contributed by atoms with Gasteiger partial charge in [-0.3, -0.25) is 13.8 Å². The van der Waals surface area contributed by atoms with E-state index in [4.69, 9.17) is 18.5 Å². The molecule has 1 rings (SSSR count). The minimum absolute atomic E-state index is 0.0711. The van der Waals surface area contributed by atoms with Crippen molar-refractivity contribution in [3.05, 3.63) is 12.2 Å². The van der Waals surface area contributed by atoms with Crippen molar-refractivity contribution in [2.24, 2.45) is 0 Å². The van der Waals surface area contributed by atoms with E-state index in [1.807, 2.05) is 0 Å². The molecule has 1 fully saturated rings. The monoisotopic (exact) mass is 935 g/mol.